The van der Waals surface area contributed by atoms with Crippen LogP contribution in [-0.4, -0.2) is 61.0 Å². The van der Waals surface area contributed by atoms with Crippen molar-refractivity contribution in [2.24, 2.45) is 0 Å². The summed E-state index contributed by atoms with van der Waals surface area (Å²) in [6, 6.07) is 2.59. The number of furan rings is 1. The Morgan fingerprint density at radius 2 is 1.39 bits per heavy atom. The van der Waals surface area contributed by atoms with Crippen molar-refractivity contribution in [1.29, 1.82) is 0 Å². The number of ether oxygens (including phenoxy) is 1. The quantitative estimate of drug-likeness (QED) is 0.396. The van der Waals surface area contributed by atoms with Crippen LogP contribution in [-0.2, 0) is 6.42 Å². The minimum absolute atomic E-state index is 0. The summed E-state index contributed by atoms with van der Waals surface area (Å²) in [6.07, 6.45) is 9.57. The zero-order chi connectivity index (χ0) is 25.1. The predicted octanol–water partition coefficient (Wildman–Crippen LogP) is 4.67. The van der Waals surface area contributed by atoms with Crippen LogP contribution in [0.15, 0.2) is 16.7 Å². The number of hydrogen-bond donors (Lipinski definition) is 4. The molecule has 2 aliphatic carbocycles. The van der Waals surface area contributed by atoms with Crippen molar-refractivity contribution < 1.29 is 25.1 Å². The van der Waals surface area contributed by atoms with Gasteiger partial charge in [-0.3, -0.25) is 0 Å². The van der Waals surface area contributed by atoms with E-state index in [2.05, 4.69) is 30.6 Å². The molecule has 0 amide bonds. The number of hydrogen-bond acceptors (Lipinski definition) is 10. The molecule has 10 heteroatoms. The Hall–Kier alpha value is -2.98. The Bertz CT molecular complexity index is 1190. The molecule has 0 unspecified atom stereocenters. The van der Waals surface area contributed by atoms with Crippen molar-refractivity contribution in [2.75, 3.05) is 17.2 Å². The van der Waals surface area contributed by atoms with E-state index in [1.54, 1.807) is 6.26 Å². The van der Waals surface area contributed by atoms with Crippen molar-refractivity contribution in [1.82, 2.24) is 19.9 Å². The Balaban J connectivity index is 0.000000364. The summed E-state index contributed by atoms with van der Waals surface area (Å²) in [7, 11) is 0. The van der Waals surface area contributed by atoms with E-state index in [0.717, 1.165) is 98.0 Å². The van der Waals surface area contributed by atoms with Gasteiger partial charge in [0, 0.05) is 30.3 Å². The summed E-state index contributed by atoms with van der Waals surface area (Å²) in [5, 5.41) is 25.9. The summed E-state index contributed by atoms with van der Waals surface area (Å²) in [6.45, 7) is 4.49. The first-order chi connectivity index (χ1) is 17.4. The molecule has 3 aromatic heterocycles. The van der Waals surface area contributed by atoms with E-state index >= 15 is 0 Å². The third-order valence-electron chi connectivity index (χ3n) is 7.12. The highest BCUT2D eigenvalue weighted by Crippen LogP contribution is 2.33. The van der Waals surface area contributed by atoms with Gasteiger partial charge in [0.05, 0.1) is 30.8 Å². The van der Waals surface area contributed by atoms with Crippen LogP contribution in [0.25, 0.3) is 11.1 Å². The smallest absolute Gasteiger partial charge is 0.194 e. The Morgan fingerprint density at radius 1 is 0.806 bits per heavy atom. The number of rotatable bonds is 4. The van der Waals surface area contributed by atoms with Gasteiger partial charge < -0.3 is 30.0 Å². The van der Waals surface area contributed by atoms with Gasteiger partial charge in [0.15, 0.2) is 23.0 Å². The van der Waals surface area contributed by atoms with Gasteiger partial charge in [0.25, 0.3) is 0 Å². The SMILES string of the molecule is Cc1nc(NC2CCC(O)CC2)c2occc2n1.Cc1nc2c(c(NC3CCC(O)CC3)n1)OCC2.[HH].[HH].[HH].[HH]. The molecule has 3 aliphatic rings. The molecule has 1 aliphatic heterocycles. The Labute approximate surface area is 216 Å². The maximum atomic E-state index is 9.51. The van der Waals surface area contributed by atoms with E-state index in [1.165, 1.54) is 0 Å². The Morgan fingerprint density at radius 3 is 2.06 bits per heavy atom. The van der Waals surface area contributed by atoms with Gasteiger partial charge in [-0.2, -0.15) is 0 Å². The second kappa shape index (κ2) is 11.0. The fraction of sp³-hybridized carbons (Fsp3) is 0.615. The van der Waals surface area contributed by atoms with Crippen molar-refractivity contribution in [3.05, 3.63) is 29.7 Å². The van der Waals surface area contributed by atoms with E-state index in [0.29, 0.717) is 24.3 Å². The summed E-state index contributed by atoms with van der Waals surface area (Å²) in [4.78, 5) is 17.6. The molecule has 36 heavy (non-hydrogen) atoms. The average Bonchev–Trinajstić information content (AvgIpc) is 3.52. The highest BCUT2D eigenvalue weighted by molar-refractivity contribution is 5.83. The van der Waals surface area contributed by atoms with Crippen LogP contribution < -0.4 is 15.4 Å². The molecule has 2 fully saturated rings. The second-order valence-corrected chi connectivity index (χ2v) is 10.0. The standard InChI is InChI=1S/C13H19N3O2.C13H17N3O2.4H2/c2*1-8-14-11-6-7-18-12(11)13(15-8)16-9-2-4-10(17)5-3-9;;;;/h9-10,17H,2-7H2,1H3,(H,14,15,16);6-7,9-10,17H,2-5H2,1H3,(H,14,15,16);4*1H. The zero-order valence-corrected chi connectivity index (χ0v) is 21.0. The van der Waals surface area contributed by atoms with E-state index in [9.17, 15) is 10.2 Å². The molecule has 0 spiro atoms. The topological polar surface area (TPSA) is 138 Å². The summed E-state index contributed by atoms with van der Waals surface area (Å²) in [5.74, 6) is 3.95. The van der Waals surface area contributed by atoms with E-state index < -0.39 is 0 Å². The number of aliphatic hydroxyl groups excluding tert-OH is 2. The van der Waals surface area contributed by atoms with Gasteiger partial charge >= 0.3 is 0 Å². The molecular formula is C26H44N6O4. The van der Waals surface area contributed by atoms with Crippen LogP contribution in [0.2, 0.25) is 0 Å². The lowest BCUT2D eigenvalue weighted by Gasteiger charge is -2.27. The first-order valence-corrected chi connectivity index (χ1v) is 13.1. The van der Waals surface area contributed by atoms with E-state index in [1.807, 2.05) is 19.9 Å². The number of nitrogens with zero attached hydrogens (tertiary/aromatic N) is 4. The van der Waals surface area contributed by atoms with Crippen molar-refractivity contribution in [2.45, 2.75) is 95.9 Å². The molecule has 0 radical (unpaired) electrons. The third-order valence-corrected chi connectivity index (χ3v) is 7.12. The minimum atomic E-state index is -0.140. The minimum Gasteiger partial charge on any atom is -0.487 e. The number of aromatic nitrogens is 4. The van der Waals surface area contributed by atoms with Gasteiger partial charge in [-0.05, 0) is 65.2 Å². The molecule has 2 saturated carbocycles. The van der Waals surface area contributed by atoms with Gasteiger partial charge in [0.2, 0.25) is 0 Å². The first kappa shape index (κ1) is 24.7. The molecular weight excluding hydrogens is 460 g/mol. The van der Waals surface area contributed by atoms with Gasteiger partial charge in [-0.25, -0.2) is 19.9 Å². The summed E-state index contributed by atoms with van der Waals surface area (Å²) < 4.78 is 11.0. The van der Waals surface area contributed by atoms with Crippen LogP contribution in [0.5, 0.6) is 5.75 Å². The number of anilines is 2. The lowest BCUT2D eigenvalue weighted by molar-refractivity contribution is 0.125. The lowest BCUT2D eigenvalue weighted by Crippen LogP contribution is -2.28. The lowest BCUT2D eigenvalue weighted by atomic mass is 9.93. The highest BCUT2D eigenvalue weighted by atomic mass is 16.5. The van der Waals surface area contributed by atoms with Crippen molar-refractivity contribution in [3.63, 3.8) is 0 Å². The van der Waals surface area contributed by atoms with Gasteiger partial charge in [-0.15, -0.1) is 0 Å². The number of fused-ring (bicyclic) bond motifs is 2. The van der Waals surface area contributed by atoms with Gasteiger partial charge in [-0.1, -0.05) is 0 Å². The fourth-order valence-corrected chi connectivity index (χ4v) is 5.19. The maximum Gasteiger partial charge on any atom is 0.194 e. The van der Waals surface area contributed by atoms with E-state index in [-0.39, 0.29) is 17.9 Å². The fourth-order valence-electron chi connectivity index (χ4n) is 5.19. The number of aryl methyl sites for hydroxylation is 2. The molecule has 10 nitrogen and oxygen atoms in total. The van der Waals surface area contributed by atoms with Crippen LogP contribution in [0.3, 0.4) is 0 Å². The van der Waals surface area contributed by atoms with Crippen LogP contribution >= 0.6 is 0 Å². The van der Waals surface area contributed by atoms with Gasteiger partial charge in [0.1, 0.15) is 17.2 Å². The molecule has 0 aromatic carbocycles. The predicted molar refractivity (Wildman–Crippen MR) is 145 cm³/mol. The average molecular weight is 505 g/mol. The van der Waals surface area contributed by atoms with Crippen molar-refractivity contribution >= 4 is 22.7 Å². The summed E-state index contributed by atoms with van der Waals surface area (Å²) >= 11 is 0. The van der Waals surface area contributed by atoms with Crippen LogP contribution in [0.1, 0.15) is 74.4 Å². The molecule has 6 rings (SSSR count). The first-order valence-electron chi connectivity index (χ1n) is 13.1. The molecule has 4 N–H and O–H groups in total. The van der Waals surface area contributed by atoms with Crippen LogP contribution in [0, 0.1) is 13.8 Å². The largest absolute Gasteiger partial charge is 0.487 e. The number of aliphatic hydroxyl groups is 2. The van der Waals surface area contributed by atoms with Crippen molar-refractivity contribution in [3.8, 4) is 5.75 Å². The highest BCUT2D eigenvalue weighted by Gasteiger charge is 2.25. The zero-order valence-electron chi connectivity index (χ0n) is 21.0. The maximum absolute atomic E-state index is 9.51. The molecule has 0 saturated heterocycles. The third kappa shape index (κ3) is 5.87. The molecule has 0 atom stereocenters. The molecule has 3 aromatic rings. The molecule has 4 heterocycles. The normalized spacial score (nSPS) is 25.4. The van der Waals surface area contributed by atoms with Crippen LogP contribution in [0.4, 0.5) is 11.6 Å². The Kier molecular flexibility index (Phi) is 7.52. The monoisotopic (exact) mass is 504 g/mol. The van der Waals surface area contributed by atoms with E-state index in [4.69, 9.17) is 9.15 Å². The number of nitrogens with one attached hydrogen (secondary N) is 2. The second-order valence-electron chi connectivity index (χ2n) is 10.0. The summed E-state index contributed by atoms with van der Waals surface area (Å²) in [5.41, 5.74) is 2.56. The molecule has 202 valence electrons. The molecule has 0 bridgehead atoms.